The lowest BCUT2D eigenvalue weighted by molar-refractivity contribution is -0.128. The Morgan fingerprint density at radius 3 is 2.95 bits per heavy atom. The molecule has 1 saturated carbocycles. The van der Waals surface area contributed by atoms with E-state index in [4.69, 9.17) is 5.73 Å². The van der Waals surface area contributed by atoms with E-state index in [9.17, 15) is 9.59 Å². The van der Waals surface area contributed by atoms with Crippen molar-refractivity contribution in [3.8, 4) is 0 Å². The molecule has 1 unspecified atom stereocenters. The summed E-state index contributed by atoms with van der Waals surface area (Å²) < 4.78 is 0. The molecule has 0 radical (unpaired) electrons. The number of hydrogen-bond acceptors (Lipinski definition) is 5. The monoisotopic (exact) mass is 330 g/mol. The van der Waals surface area contributed by atoms with Crippen molar-refractivity contribution in [2.24, 2.45) is 5.73 Å². The van der Waals surface area contributed by atoms with Crippen LogP contribution in [0.3, 0.4) is 0 Å². The van der Waals surface area contributed by atoms with Crippen LogP contribution >= 0.6 is 23.7 Å². The van der Waals surface area contributed by atoms with Crippen LogP contribution in [-0.2, 0) is 11.2 Å². The molecule has 0 aromatic carbocycles. The molecule has 0 bridgehead atoms. The van der Waals surface area contributed by atoms with Gasteiger partial charge in [0.15, 0.2) is 0 Å². The number of nitrogens with two attached hydrogens (primary N) is 1. The number of nitrogens with zero attached hydrogens (tertiary/aromatic N) is 2. The highest BCUT2D eigenvalue weighted by Gasteiger charge is 2.39. The molecule has 0 spiro atoms. The minimum Gasteiger partial charge on any atom is -0.346 e. The van der Waals surface area contributed by atoms with E-state index in [2.05, 4.69) is 10.3 Å². The fourth-order valence-corrected chi connectivity index (χ4v) is 3.27. The number of amides is 2. The van der Waals surface area contributed by atoms with Gasteiger partial charge in [0.25, 0.3) is 5.91 Å². The Balaban J connectivity index is 0.00000161. The quantitative estimate of drug-likeness (QED) is 0.825. The van der Waals surface area contributed by atoms with Crippen molar-refractivity contribution < 1.29 is 9.59 Å². The molecule has 1 saturated heterocycles. The lowest BCUT2D eigenvalue weighted by Crippen LogP contribution is -2.37. The Hall–Kier alpha value is -1.18. The normalized spacial score (nSPS) is 21.3. The summed E-state index contributed by atoms with van der Waals surface area (Å²) in [6, 6.07) is 0.329. The maximum Gasteiger partial charge on any atom is 0.271 e. The van der Waals surface area contributed by atoms with Crippen molar-refractivity contribution in [2.75, 3.05) is 13.1 Å². The number of carbonyl (C=O) groups excluding carboxylic acids is 2. The number of rotatable bonds is 5. The van der Waals surface area contributed by atoms with Crippen LogP contribution in [-0.4, -0.2) is 46.9 Å². The SMILES string of the molecule is Cl.NCCc1nc(C(=O)NC2CC(=O)N(C3CC3)C2)cs1. The summed E-state index contributed by atoms with van der Waals surface area (Å²) in [4.78, 5) is 30.1. The standard InChI is InChI=1S/C13H18N4O2S.ClH/c14-4-3-11-16-10(7-20-11)13(19)15-8-5-12(18)17(6-8)9-1-2-9;/h7-9H,1-6,14H2,(H,15,19);1H. The molecule has 116 valence electrons. The highest BCUT2D eigenvalue weighted by Crippen LogP contribution is 2.30. The molecule has 3 N–H and O–H groups in total. The van der Waals surface area contributed by atoms with Crippen LogP contribution in [0.1, 0.15) is 34.8 Å². The molecule has 1 atom stereocenters. The molecule has 21 heavy (non-hydrogen) atoms. The van der Waals surface area contributed by atoms with E-state index in [0.717, 1.165) is 17.8 Å². The highest BCUT2D eigenvalue weighted by molar-refractivity contribution is 7.09. The summed E-state index contributed by atoms with van der Waals surface area (Å²) >= 11 is 1.45. The third kappa shape index (κ3) is 3.72. The highest BCUT2D eigenvalue weighted by atomic mass is 35.5. The van der Waals surface area contributed by atoms with Gasteiger partial charge < -0.3 is 16.0 Å². The minimum absolute atomic E-state index is 0. The number of likely N-dealkylation sites (tertiary alicyclic amines) is 1. The summed E-state index contributed by atoms with van der Waals surface area (Å²) in [5.41, 5.74) is 5.89. The van der Waals surface area contributed by atoms with Crippen LogP contribution in [0.4, 0.5) is 0 Å². The zero-order chi connectivity index (χ0) is 14.1. The van der Waals surface area contributed by atoms with E-state index in [1.165, 1.54) is 11.3 Å². The second kappa shape index (κ2) is 6.72. The van der Waals surface area contributed by atoms with E-state index in [1.807, 2.05) is 4.90 Å². The molecule has 6 nitrogen and oxygen atoms in total. The third-order valence-electron chi connectivity index (χ3n) is 3.62. The number of thiazole rings is 1. The molecule has 2 heterocycles. The van der Waals surface area contributed by atoms with Crippen molar-refractivity contribution in [1.29, 1.82) is 0 Å². The van der Waals surface area contributed by atoms with Gasteiger partial charge in [-0.05, 0) is 19.4 Å². The summed E-state index contributed by atoms with van der Waals surface area (Å²) in [6.07, 6.45) is 3.29. The first-order chi connectivity index (χ1) is 9.67. The smallest absolute Gasteiger partial charge is 0.271 e. The zero-order valence-electron chi connectivity index (χ0n) is 11.6. The molecular formula is C13H19ClN4O2S. The number of halogens is 1. The average Bonchev–Trinajstić information content (AvgIpc) is 3.04. The molecule has 1 aliphatic carbocycles. The summed E-state index contributed by atoms with van der Waals surface area (Å²) in [5, 5.41) is 5.53. The first-order valence-corrected chi connectivity index (χ1v) is 7.80. The van der Waals surface area contributed by atoms with Crippen molar-refractivity contribution in [2.45, 2.75) is 37.8 Å². The Kier molecular flexibility index (Phi) is 5.18. The van der Waals surface area contributed by atoms with Gasteiger partial charge in [0.05, 0.1) is 11.0 Å². The predicted octanol–water partition coefficient (Wildman–Crippen LogP) is 0.559. The van der Waals surface area contributed by atoms with E-state index in [1.54, 1.807) is 5.38 Å². The Labute approximate surface area is 133 Å². The molecular weight excluding hydrogens is 312 g/mol. The van der Waals surface area contributed by atoms with Gasteiger partial charge in [-0.3, -0.25) is 9.59 Å². The maximum atomic E-state index is 12.1. The molecule has 2 aliphatic rings. The van der Waals surface area contributed by atoms with Gasteiger partial charge in [0.1, 0.15) is 5.69 Å². The van der Waals surface area contributed by atoms with Gasteiger partial charge >= 0.3 is 0 Å². The molecule has 1 aliphatic heterocycles. The van der Waals surface area contributed by atoms with E-state index in [0.29, 0.717) is 37.7 Å². The van der Waals surface area contributed by atoms with Gasteiger partial charge in [0, 0.05) is 30.8 Å². The zero-order valence-corrected chi connectivity index (χ0v) is 13.2. The van der Waals surface area contributed by atoms with Crippen LogP contribution in [0.25, 0.3) is 0 Å². The van der Waals surface area contributed by atoms with Gasteiger partial charge in [-0.15, -0.1) is 23.7 Å². The van der Waals surface area contributed by atoms with Crippen LogP contribution in [0.2, 0.25) is 0 Å². The first-order valence-electron chi connectivity index (χ1n) is 6.92. The van der Waals surface area contributed by atoms with Crippen LogP contribution < -0.4 is 11.1 Å². The topological polar surface area (TPSA) is 88.3 Å². The molecule has 1 aromatic rings. The Bertz CT molecular complexity index is 532. The van der Waals surface area contributed by atoms with E-state index < -0.39 is 0 Å². The van der Waals surface area contributed by atoms with E-state index >= 15 is 0 Å². The fourth-order valence-electron chi connectivity index (χ4n) is 2.48. The Morgan fingerprint density at radius 1 is 1.52 bits per heavy atom. The minimum atomic E-state index is -0.194. The predicted molar refractivity (Wildman–Crippen MR) is 82.7 cm³/mol. The second-order valence-corrected chi connectivity index (χ2v) is 6.26. The first kappa shape index (κ1) is 16.2. The number of hydrogen-bond donors (Lipinski definition) is 2. The lowest BCUT2D eigenvalue weighted by Gasteiger charge is -2.15. The summed E-state index contributed by atoms with van der Waals surface area (Å²) in [6.45, 7) is 1.16. The molecule has 2 fully saturated rings. The van der Waals surface area contributed by atoms with Crippen LogP contribution in [0, 0.1) is 0 Å². The van der Waals surface area contributed by atoms with Gasteiger partial charge in [0.2, 0.25) is 5.91 Å². The Morgan fingerprint density at radius 2 is 2.29 bits per heavy atom. The van der Waals surface area contributed by atoms with Crippen molar-refractivity contribution >= 4 is 35.6 Å². The van der Waals surface area contributed by atoms with Gasteiger partial charge in [-0.1, -0.05) is 0 Å². The molecule has 2 amide bonds. The molecule has 1 aromatic heterocycles. The second-order valence-electron chi connectivity index (χ2n) is 5.32. The number of nitrogens with one attached hydrogen (secondary N) is 1. The van der Waals surface area contributed by atoms with Gasteiger partial charge in [-0.25, -0.2) is 4.98 Å². The molecule has 3 rings (SSSR count). The van der Waals surface area contributed by atoms with Crippen LogP contribution in [0.5, 0.6) is 0 Å². The van der Waals surface area contributed by atoms with Crippen molar-refractivity contribution in [1.82, 2.24) is 15.2 Å². The number of aromatic nitrogens is 1. The lowest BCUT2D eigenvalue weighted by atomic mass is 10.2. The van der Waals surface area contributed by atoms with Crippen molar-refractivity contribution in [3.05, 3.63) is 16.1 Å². The summed E-state index contributed by atoms with van der Waals surface area (Å²) in [5.74, 6) is -0.0418. The maximum absolute atomic E-state index is 12.1. The van der Waals surface area contributed by atoms with Crippen molar-refractivity contribution in [3.63, 3.8) is 0 Å². The van der Waals surface area contributed by atoms with Crippen LogP contribution in [0.15, 0.2) is 5.38 Å². The van der Waals surface area contributed by atoms with Gasteiger partial charge in [-0.2, -0.15) is 0 Å². The molecule has 8 heteroatoms. The number of carbonyl (C=O) groups is 2. The summed E-state index contributed by atoms with van der Waals surface area (Å²) in [7, 11) is 0. The average molecular weight is 331 g/mol. The van der Waals surface area contributed by atoms with E-state index in [-0.39, 0.29) is 30.3 Å². The largest absolute Gasteiger partial charge is 0.346 e. The fraction of sp³-hybridized carbons (Fsp3) is 0.615. The third-order valence-corrected chi connectivity index (χ3v) is 4.53.